The van der Waals surface area contributed by atoms with Crippen LogP contribution in [-0.4, -0.2) is 50.6 Å². The second-order valence-electron chi connectivity index (χ2n) is 8.73. The van der Waals surface area contributed by atoms with Crippen LogP contribution in [0.1, 0.15) is 69.9 Å². The Morgan fingerprint density at radius 1 is 1.20 bits per heavy atom. The van der Waals surface area contributed by atoms with Crippen LogP contribution in [0.5, 0.6) is 5.75 Å². The van der Waals surface area contributed by atoms with Gasteiger partial charge in [0.1, 0.15) is 11.4 Å². The van der Waals surface area contributed by atoms with Gasteiger partial charge in [0.05, 0.1) is 12.1 Å². The van der Waals surface area contributed by atoms with Crippen molar-refractivity contribution in [3.63, 3.8) is 0 Å². The molecule has 1 aromatic carbocycles. The van der Waals surface area contributed by atoms with Crippen LogP contribution < -0.4 is 15.4 Å². The molecule has 1 aromatic rings. The summed E-state index contributed by atoms with van der Waals surface area (Å²) in [4.78, 5) is 4.83. The first-order chi connectivity index (χ1) is 14.8. The maximum absolute atomic E-state index is 6.50. The minimum absolute atomic E-state index is 0.0130. The van der Waals surface area contributed by atoms with Crippen molar-refractivity contribution in [2.45, 2.75) is 76.0 Å². The molecule has 2 fully saturated rings. The average Bonchev–Trinajstić information content (AvgIpc) is 3.21. The summed E-state index contributed by atoms with van der Waals surface area (Å²) in [6.07, 6.45) is 9.13. The van der Waals surface area contributed by atoms with E-state index in [1.165, 1.54) is 18.4 Å². The number of nitrogens with zero attached hydrogens (tertiary/aromatic N) is 1. The molecule has 1 spiro atoms. The van der Waals surface area contributed by atoms with Crippen molar-refractivity contribution in [2.24, 2.45) is 4.99 Å². The first-order valence-corrected chi connectivity index (χ1v) is 11.8. The molecule has 0 radical (unpaired) electrons. The number of ether oxygens (including phenoxy) is 3. The van der Waals surface area contributed by atoms with E-state index in [1.807, 2.05) is 0 Å². The first-order valence-electron chi connectivity index (χ1n) is 11.8. The quantitative estimate of drug-likeness (QED) is 0.401. The van der Waals surface area contributed by atoms with Gasteiger partial charge in [0.25, 0.3) is 0 Å². The Morgan fingerprint density at radius 3 is 2.80 bits per heavy atom. The summed E-state index contributed by atoms with van der Waals surface area (Å²) in [5.74, 6) is 1.92. The zero-order valence-electron chi connectivity index (χ0n) is 18.3. The van der Waals surface area contributed by atoms with Crippen LogP contribution in [0.25, 0.3) is 0 Å². The SMILES string of the molecule is CCNC(=NCCCOC1CCOCC1)NC1CC2(CCCC2)Oc2ccccc21. The third-order valence-corrected chi connectivity index (χ3v) is 6.46. The molecule has 6 heteroatoms. The summed E-state index contributed by atoms with van der Waals surface area (Å²) >= 11 is 0. The third-order valence-electron chi connectivity index (χ3n) is 6.46. The lowest BCUT2D eigenvalue weighted by Crippen LogP contribution is -2.46. The molecule has 4 rings (SSSR count). The van der Waals surface area contributed by atoms with E-state index in [9.17, 15) is 0 Å². The van der Waals surface area contributed by atoms with Gasteiger partial charge >= 0.3 is 0 Å². The minimum Gasteiger partial charge on any atom is -0.487 e. The van der Waals surface area contributed by atoms with E-state index in [0.29, 0.717) is 6.10 Å². The molecule has 1 atom stereocenters. The molecule has 0 bridgehead atoms. The smallest absolute Gasteiger partial charge is 0.191 e. The standard InChI is InChI=1S/C24H37N3O3/c1-2-25-23(26-14-7-15-29-19-10-16-28-17-11-19)27-21-18-24(12-5-6-13-24)30-22-9-4-3-8-20(21)22/h3-4,8-9,19,21H,2,5-7,10-18H2,1H3,(H2,25,26,27). The fourth-order valence-electron chi connectivity index (χ4n) is 4.91. The number of aliphatic imine (C=N–C) groups is 1. The number of guanidine groups is 1. The fourth-order valence-corrected chi connectivity index (χ4v) is 4.91. The van der Waals surface area contributed by atoms with Gasteiger partial charge in [0.15, 0.2) is 5.96 Å². The van der Waals surface area contributed by atoms with Gasteiger partial charge in [-0.3, -0.25) is 4.99 Å². The van der Waals surface area contributed by atoms with E-state index in [1.54, 1.807) is 0 Å². The van der Waals surface area contributed by atoms with Crippen molar-refractivity contribution in [1.82, 2.24) is 10.6 Å². The predicted octanol–water partition coefficient (Wildman–Crippen LogP) is 3.96. The molecule has 1 unspecified atom stereocenters. The number of hydrogen-bond donors (Lipinski definition) is 2. The lowest BCUT2D eigenvalue weighted by atomic mass is 9.86. The highest BCUT2D eigenvalue weighted by Gasteiger charge is 2.43. The number of benzene rings is 1. The van der Waals surface area contributed by atoms with Gasteiger partial charge in [-0.25, -0.2) is 0 Å². The molecule has 2 heterocycles. The lowest BCUT2D eigenvalue weighted by Gasteiger charge is -2.40. The van der Waals surface area contributed by atoms with E-state index in [-0.39, 0.29) is 11.6 Å². The highest BCUT2D eigenvalue weighted by atomic mass is 16.5. The summed E-state index contributed by atoms with van der Waals surface area (Å²) in [5, 5.41) is 7.13. The molecule has 166 valence electrons. The average molecular weight is 416 g/mol. The summed E-state index contributed by atoms with van der Waals surface area (Å²) < 4.78 is 17.9. The Kier molecular flexibility index (Phi) is 7.50. The molecule has 30 heavy (non-hydrogen) atoms. The molecule has 2 aliphatic heterocycles. The maximum Gasteiger partial charge on any atom is 0.191 e. The monoisotopic (exact) mass is 415 g/mol. The molecule has 1 saturated carbocycles. The van der Waals surface area contributed by atoms with E-state index >= 15 is 0 Å². The van der Waals surface area contributed by atoms with Crippen LogP contribution in [0.2, 0.25) is 0 Å². The largest absolute Gasteiger partial charge is 0.487 e. The molecule has 6 nitrogen and oxygen atoms in total. The minimum atomic E-state index is -0.0130. The van der Waals surface area contributed by atoms with Crippen molar-refractivity contribution in [1.29, 1.82) is 0 Å². The van der Waals surface area contributed by atoms with Gasteiger partial charge in [-0.15, -0.1) is 0 Å². The van der Waals surface area contributed by atoms with Gasteiger partial charge in [-0.1, -0.05) is 18.2 Å². The van der Waals surface area contributed by atoms with Gasteiger partial charge in [-0.05, 0) is 57.9 Å². The Balaban J connectivity index is 1.35. The molecule has 0 aromatic heterocycles. The topological polar surface area (TPSA) is 64.1 Å². The Bertz CT molecular complexity index is 697. The van der Waals surface area contributed by atoms with Gasteiger partial charge in [0.2, 0.25) is 0 Å². The second-order valence-corrected chi connectivity index (χ2v) is 8.73. The first kappa shape index (κ1) is 21.4. The molecular weight excluding hydrogens is 378 g/mol. The molecule has 3 aliphatic rings. The number of hydrogen-bond acceptors (Lipinski definition) is 4. The Labute approximate surface area is 180 Å². The van der Waals surface area contributed by atoms with Crippen LogP contribution in [-0.2, 0) is 9.47 Å². The van der Waals surface area contributed by atoms with E-state index in [0.717, 1.165) is 83.1 Å². The molecule has 0 amide bonds. The fraction of sp³-hybridized carbons (Fsp3) is 0.708. The summed E-state index contributed by atoms with van der Waals surface area (Å²) in [7, 11) is 0. The number of nitrogens with one attached hydrogen (secondary N) is 2. The molecule has 1 saturated heterocycles. The zero-order valence-corrected chi connectivity index (χ0v) is 18.3. The van der Waals surface area contributed by atoms with E-state index in [2.05, 4.69) is 41.8 Å². The Morgan fingerprint density at radius 2 is 2.00 bits per heavy atom. The van der Waals surface area contributed by atoms with E-state index < -0.39 is 0 Å². The highest BCUT2D eigenvalue weighted by molar-refractivity contribution is 5.80. The second kappa shape index (κ2) is 10.5. The Hall–Kier alpha value is -1.79. The summed E-state index contributed by atoms with van der Waals surface area (Å²) in [6, 6.07) is 8.69. The zero-order chi connectivity index (χ0) is 20.7. The van der Waals surface area contributed by atoms with Crippen molar-refractivity contribution in [3.8, 4) is 5.75 Å². The molecular formula is C24H37N3O3. The van der Waals surface area contributed by atoms with Gasteiger partial charge in [0, 0.05) is 44.9 Å². The number of para-hydroxylation sites is 1. The van der Waals surface area contributed by atoms with Gasteiger partial charge < -0.3 is 24.8 Å². The van der Waals surface area contributed by atoms with Crippen LogP contribution in [0.3, 0.4) is 0 Å². The lowest BCUT2D eigenvalue weighted by molar-refractivity contribution is -0.0318. The molecule has 2 N–H and O–H groups in total. The van der Waals surface area contributed by atoms with Crippen molar-refractivity contribution < 1.29 is 14.2 Å². The van der Waals surface area contributed by atoms with Crippen molar-refractivity contribution in [3.05, 3.63) is 29.8 Å². The van der Waals surface area contributed by atoms with Crippen molar-refractivity contribution in [2.75, 3.05) is 32.9 Å². The normalized spacial score (nSPS) is 23.8. The van der Waals surface area contributed by atoms with Crippen LogP contribution >= 0.6 is 0 Å². The van der Waals surface area contributed by atoms with Gasteiger partial charge in [-0.2, -0.15) is 0 Å². The third kappa shape index (κ3) is 5.46. The molecule has 1 aliphatic carbocycles. The number of fused-ring (bicyclic) bond motifs is 1. The maximum atomic E-state index is 6.50. The predicted molar refractivity (Wildman–Crippen MR) is 119 cm³/mol. The van der Waals surface area contributed by atoms with E-state index in [4.69, 9.17) is 19.2 Å². The number of rotatable bonds is 7. The summed E-state index contributed by atoms with van der Waals surface area (Å²) in [5.41, 5.74) is 1.23. The highest BCUT2D eigenvalue weighted by Crippen LogP contribution is 2.46. The summed E-state index contributed by atoms with van der Waals surface area (Å²) in [6.45, 7) is 6.13. The van der Waals surface area contributed by atoms with Crippen LogP contribution in [0.15, 0.2) is 29.3 Å². The van der Waals surface area contributed by atoms with Crippen LogP contribution in [0.4, 0.5) is 0 Å². The van der Waals surface area contributed by atoms with Crippen molar-refractivity contribution >= 4 is 5.96 Å². The van der Waals surface area contributed by atoms with Crippen LogP contribution in [0, 0.1) is 0 Å².